The maximum absolute atomic E-state index is 13.0. The van der Waals surface area contributed by atoms with Gasteiger partial charge in [0, 0.05) is 26.2 Å². The Kier molecular flexibility index (Phi) is 4.27. The Morgan fingerprint density at radius 1 is 1.45 bits per heavy atom. The van der Waals surface area contributed by atoms with Crippen molar-refractivity contribution in [2.75, 3.05) is 46.4 Å². The second-order valence-electron chi connectivity index (χ2n) is 5.63. The van der Waals surface area contributed by atoms with E-state index in [0.29, 0.717) is 19.7 Å². The molecule has 0 saturated carbocycles. The van der Waals surface area contributed by atoms with Crippen LogP contribution in [-0.4, -0.2) is 79.5 Å². The fourth-order valence-electron chi connectivity index (χ4n) is 2.84. The lowest BCUT2D eigenvalue weighted by Crippen LogP contribution is -2.49. The van der Waals surface area contributed by atoms with Crippen LogP contribution in [0.5, 0.6) is 0 Å². The number of carbonyl (C=O) groups is 1. The molecule has 0 amide bonds. The molecule has 0 aromatic rings. The Labute approximate surface area is 115 Å². The number of morpholine rings is 1. The van der Waals surface area contributed by atoms with Crippen LogP contribution in [0.3, 0.4) is 0 Å². The molecule has 2 aliphatic heterocycles. The van der Waals surface area contributed by atoms with Crippen molar-refractivity contribution in [3.63, 3.8) is 0 Å². The molecule has 2 heterocycles. The molecule has 2 atom stereocenters. The van der Waals surface area contributed by atoms with Gasteiger partial charge in [0.1, 0.15) is 0 Å². The normalized spacial score (nSPS) is 33.5. The van der Waals surface area contributed by atoms with Crippen LogP contribution < -0.4 is 0 Å². The first kappa shape index (κ1) is 15.5. The van der Waals surface area contributed by atoms with Gasteiger partial charge in [0.2, 0.25) is 0 Å². The van der Waals surface area contributed by atoms with E-state index >= 15 is 0 Å². The lowest BCUT2D eigenvalue weighted by Gasteiger charge is -2.33. The minimum Gasteiger partial charge on any atom is -0.481 e. The predicted molar refractivity (Wildman–Crippen MR) is 64.4 cm³/mol. The van der Waals surface area contributed by atoms with E-state index in [1.54, 1.807) is 4.90 Å². The van der Waals surface area contributed by atoms with E-state index in [2.05, 4.69) is 4.90 Å². The van der Waals surface area contributed by atoms with Gasteiger partial charge in [-0.2, -0.15) is 13.2 Å². The van der Waals surface area contributed by atoms with Crippen molar-refractivity contribution in [2.24, 2.45) is 5.41 Å². The van der Waals surface area contributed by atoms with E-state index in [4.69, 9.17) is 9.84 Å². The second-order valence-corrected chi connectivity index (χ2v) is 5.63. The van der Waals surface area contributed by atoms with Gasteiger partial charge in [-0.3, -0.25) is 9.69 Å². The monoisotopic (exact) mass is 296 g/mol. The van der Waals surface area contributed by atoms with Gasteiger partial charge in [-0.15, -0.1) is 0 Å². The number of carboxylic acids is 1. The molecule has 2 saturated heterocycles. The summed E-state index contributed by atoms with van der Waals surface area (Å²) in [4.78, 5) is 14.7. The van der Waals surface area contributed by atoms with Crippen LogP contribution in [0.2, 0.25) is 0 Å². The molecule has 8 heteroatoms. The number of ether oxygens (including phenoxy) is 1. The molecule has 2 fully saturated rings. The maximum atomic E-state index is 13.0. The summed E-state index contributed by atoms with van der Waals surface area (Å²) in [5.74, 6) is -1.78. The van der Waals surface area contributed by atoms with E-state index in [1.807, 2.05) is 7.05 Å². The maximum Gasteiger partial charge on any atom is 0.406 e. The summed E-state index contributed by atoms with van der Waals surface area (Å²) in [5.41, 5.74) is -2.63. The largest absolute Gasteiger partial charge is 0.481 e. The molecule has 5 nitrogen and oxygen atoms in total. The van der Waals surface area contributed by atoms with E-state index in [9.17, 15) is 18.0 Å². The number of likely N-dealkylation sites (N-methyl/N-ethyl adjacent to an activating group) is 1. The van der Waals surface area contributed by atoms with E-state index < -0.39 is 30.5 Å². The second kappa shape index (κ2) is 5.50. The molecule has 0 spiro atoms. The summed E-state index contributed by atoms with van der Waals surface area (Å²) in [7, 11) is 1.93. The molecule has 116 valence electrons. The Morgan fingerprint density at radius 3 is 2.65 bits per heavy atom. The number of hydrogen-bond donors (Lipinski definition) is 1. The topological polar surface area (TPSA) is 53.0 Å². The van der Waals surface area contributed by atoms with Crippen LogP contribution in [0.4, 0.5) is 13.2 Å². The molecular weight excluding hydrogens is 277 g/mol. The number of hydrogen-bond acceptors (Lipinski definition) is 4. The number of nitrogens with zero attached hydrogens (tertiary/aromatic N) is 2. The predicted octanol–water partition coefficient (Wildman–Crippen LogP) is 0.656. The van der Waals surface area contributed by atoms with E-state index in [1.165, 1.54) is 0 Å². The average molecular weight is 296 g/mol. The van der Waals surface area contributed by atoms with Crippen molar-refractivity contribution in [1.82, 2.24) is 9.80 Å². The molecule has 0 aromatic heterocycles. The molecule has 2 rings (SSSR count). The Bertz CT molecular complexity index is 377. The molecule has 2 unspecified atom stereocenters. The third-order valence-electron chi connectivity index (χ3n) is 4.10. The third-order valence-corrected chi connectivity index (χ3v) is 4.10. The number of alkyl halides is 3. The number of halogens is 3. The fourth-order valence-corrected chi connectivity index (χ4v) is 2.84. The number of aliphatic carboxylic acids is 1. The molecule has 20 heavy (non-hydrogen) atoms. The zero-order chi connectivity index (χ0) is 15.0. The van der Waals surface area contributed by atoms with Crippen LogP contribution >= 0.6 is 0 Å². The van der Waals surface area contributed by atoms with Gasteiger partial charge in [0.25, 0.3) is 0 Å². The quantitative estimate of drug-likeness (QED) is 0.829. The van der Waals surface area contributed by atoms with Gasteiger partial charge in [-0.1, -0.05) is 0 Å². The molecule has 2 aliphatic rings. The van der Waals surface area contributed by atoms with Crippen LogP contribution in [0.25, 0.3) is 0 Å². The Hall–Kier alpha value is -0.860. The number of carboxylic acid groups (broad SMARTS) is 1. The standard InChI is InChI=1S/C12H19F3N2O3/c1-16-4-5-20-9(6-16)7-17-3-2-11(8-17,10(18)19)12(13,14)15/h9H,2-8H2,1H3,(H,18,19). The van der Waals surface area contributed by atoms with Crippen molar-refractivity contribution in [1.29, 1.82) is 0 Å². The van der Waals surface area contributed by atoms with Crippen molar-refractivity contribution in [3.8, 4) is 0 Å². The lowest BCUT2D eigenvalue weighted by atomic mass is 9.86. The average Bonchev–Trinajstić information content (AvgIpc) is 2.73. The molecule has 0 aliphatic carbocycles. The third kappa shape index (κ3) is 2.91. The van der Waals surface area contributed by atoms with Crippen molar-refractivity contribution >= 4 is 5.97 Å². The van der Waals surface area contributed by atoms with Crippen LogP contribution in [-0.2, 0) is 9.53 Å². The van der Waals surface area contributed by atoms with Gasteiger partial charge >= 0.3 is 12.1 Å². The highest BCUT2D eigenvalue weighted by Gasteiger charge is 2.63. The smallest absolute Gasteiger partial charge is 0.406 e. The highest BCUT2D eigenvalue weighted by molar-refractivity contribution is 5.76. The summed E-state index contributed by atoms with van der Waals surface area (Å²) in [6.45, 7) is 2.00. The van der Waals surface area contributed by atoms with Crippen molar-refractivity contribution in [2.45, 2.75) is 18.7 Å². The highest BCUT2D eigenvalue weighted by Crippen LogP contribution is 2.45. The summed E-state index contributed by atoms with van der Waals surface area (Å²) >= 11 is 0. The Balaban J connectivity index is 1.98. The van der Waals surface area contributed by atoms with Crippen molar-refractivity contribution < 1.29 is 27.8 Å². The Morgan fingerprint density at radius 2 is 2.15 bits per heavy atom. The van der Waals surface area contributed by atoms with Gasteiger partial charge < -0.3 is 14.7 Å². The first-order chi connectivity index (χ1) is 9.24. The zero-order valence-corrected chi connectivity index (χ0v) is 11.3. The van der Waals surface area contributed by atoms with Crippen LogP contribution in [0.15, 0.2) is 0 Å². The summed E-state index contributed by atoms with van der Waals surface area (Å²) in [6.07, 6.45) is -5.28. The molecule has 0 aromatic carbocycles. The van der Waals surface area contributed by atoms with Crippen LogP contribution in [0, 0.1) is 5.41 Å². The fraction of sp³-hybridized carbons (Fsp3) is 0.917. The molecule has 1 N–H and O–H groups in total. The lowest BCUT2D eigenvalue weighted by molar-refractivity contribution is -0.227. The summed E-state index contributed by atoms with van der Waals surface area (Å²) in [6, 6.07) is 0. The summed E-state index contributed by atoms with van der Waals surface area (Å²) in [5, 5.41) is 8.98. The van der Waals surface area contributed by atoms with Crippen LogP contribution in [0.1, 0.15) is 6.42 Å². The molecular formula is C12H19F3N2O3. The minimum absolute atomic E-state index is 0.134. The first-order valence-electron chi connectivity index (χ1n) is 6.57. The van der Waals surface area contributed by atoms with Gasteiger partial charge in [0.05, 0.1) is 12.7 Å². The van der Waals surface area contributed by atoms with Gasteiger partial charge in [0.15, 0.2) is 5.41 Å². The van der Waals surface area contributed by atoms with Gasteiger partial charge in [-0.25, -0.2) is 0 Å². The molecule has 0 bridgehead atoms. The minimum atomic E-state index is -4.72. The molecule has 0 radical (unpaired) electrons. The first-order valence-corrected chi connectivity index (χ1v) is 6.57. The number of rotatable bonds is 3. The SMILES string of the molecule is CN1CCOC(CN2CCC(C(=O)O)(C(F)(F)F)C2)C1. The number of likely N-dealkylation sites (tertiary alicyclic amines) is 1. The highest BCUT2D eigenvalue weighted by atomic mass is 19.4. The van der Waals surface area contributed by atoms with E-state index in [-0.39, 0.29) is 12.6 Å². The van der Waals surface area contributed by atoms with Crippen molar-refractivity contribution in [3.05, 3.63) is 0 Å². The summed E-state index contributed by atoms with van der Waals surface area (Å²) < 4.78 is 44.6. The van der Waals surface area contributed by atoms with E-state index in [0.717, 1.165) is 6.54 Å². The zero-order valence-electron chi connectivity index (χ0n) is 11.3. The van der Waals surface area contributed by atoms with Gasteiger partial charge in [-0.05, 0) is 20.0 Å².